The highest BCUT2D eigenvalue weighted by molar-refractivity contribution is 5.77. The molecule has 114 valence electrons. The van der Waals surface area contributed by atoms with E-state index in [4.69, 9.17) is 13.9 Å². The van der Waals surface area contributed by atoms with Crippen LogP contribution < -0.4 is 0 Å². The molecule has 1 fully saturated rings. The number of hydrogen-bond donors (Lipinski definition) is 1. The van der Waals surface area contributed by atoms with Crippen molar-refractivity contribution < 1.29 is 19.0 Å². The number of aliphatic hydroxyl groups is 1. The molecule has 4 heteroatoms. The van der Waals surface area contributed by atoms with Gasteiger partial charge in [0.25, 0.3) is 0 Å². The summed E-state index contributed by atoms with van der Waals surface area (Å²) in [5.74, 6) is 0.565. The predicted octanol–water partition coefficient (Wildman–Crippen LogP) is 3.44. The summed E-state index contributed by atoms with van der Waals surface area (Å²) in [6.45, 7) is 0.265. The van der Waals surface area contributed by atoms with Gasteiger partial charge >= 0.3 is 0 Å². The van der Waals surface area contributed by atoms with E-state index in [0.29, 0.717) is 5.76 Å². The van der Waals surface area contributed by atoms with Gasteiger partial charge in [-0.2, -0.15) is 0 Å². The van der Waals surface area contributed by atoms with Crippen molar-refractivity contribution in [3.05, 3.63) is 36.1 Å². The van der Waals surface area contributed by atoms with Crippen molar-refractivity contribution in [3.63, 3.8) is 0 Å². The minimum atomic E-state index is -0.722. The van der Waals surface area contributed by atoms with Gasteiger partial charge in [0.2, 0.25) is 0 Å². The van der Waals surface area contributed by atoms with Crippen molar-refractivity contribution in [2.75, 3.05) is 13.7 Å². The topological polar surface area (TPSA) is 51.8 Å². The molecule has 3 rings (SSSR count). The Kier molecular flexibility index (Phi) is 4.58. The van der Waals surface area contributed by atoms with E-state index in [-0.39, 0.29) is 18.8 Å². The van der Waals surface area contributed by atoms with Gasteiger partial charge in [0.05, 0.1) is 18.8 Å². The molecule has 2 aromatic rings. The molecular weight excluding hydrogens is 268 g/mol. The van der Waals surface area contributed by atoms with Crippen molar-refractivity contribution in [1.29, 1.82) is 0 Å². The first-order valence-corrected chi connectivity index (χ1v) is 7.57. The molecule has 1 saturated carbocycles. The van der Waals surface area contributed by atoms with Crippen LogP contribution in [0.2, 0.25) is 0 Å². The molecule has 3 atom stereocenters. The van der Waals surface area contributed by atoms with Gasteiger partial charge < -0.3 is 19.0 Å². The molecule has 0 saturated heterocycles. The van der Waals surface area contributed by atoms with Crippen molar-refractivity contribution in [2.24, 2.45) is 0 Å². The van der Waals surface area contributed by atoms with E-state index in [9.17, 15) is 5.11 Å². The molecule has 1 heterocycles. The number of benzene rings is 1. The summed E-state index contributed by atoms with van der Waals surface area (Å²) in [6.07, 6.45) is 3.89. The van der Waals surface area contributed by atoms with E-state index in [1.54, 1.807) is 7.11 Å². The van der Waals surface area contributed by atoms with E-state index >= 15 is 0 Å². The molecule has 1 aliphatic carbocycles. The number of methoxy groups -OCH3 is 1. The van der Waals surface area contributed by atoms with E-state index in [2.05, 4.69) is 0 Å². The predicted molar refractivity (Wildman–Crippen MR) is 80.2 cm³/mol. The zero-order valence-electron chi connectivity index (χ0n) is 12.3. The first kappa shape index (κ1) is 14.6. The van der Waals surface area contributed by atoms with E-state index in [1.165, 1.54) is 0 Å². The van der Waals surface area contributed by atoms with Crippen molar-refractivity contribution >= 4 is 11.0 Å². The van der Waals surface area contributed by atoms with Gasteiger partial charge in [-0.25, -0.2) is 0 Å². The second kappa shape index (κ2) is 6.60. The maximum atomic E-state index is 10.2. The summed E-state index contributed by atoms with van der Waals surface area (Å²) in [6, 6.07) is 9.63. The summed E-state index contributed by atoms with van der Waals surface area (Å²) < 4.78 is 16.9. The van der Waals surface area contributed by atoms with Gasteiger partial charge in [-0.3, -0.25) is 0 Å². The highest BCUT2D eigenvalue weighted by Crippen LogP contribution is 2.27. The van der Waals surface area contributed by atoms with Crippen LogP contribution >= 0.6 is 0 Å². The second-order valence-corrected chi connectivity index (χ2v) is 5.68. The van der Waals surface area contributed by atoms with Crippen LogP contribution in [0.25, 0.3) is 11.0 Å². The number of ether oxygens (including phenoxy) is 2. The first-order valence-electron chi connectivity index (χ1n) is 7.57. The van der Waals surface area contributed by atoms with E-state index < -0.39 is 6.10 Å². The minimum Gasteiger partial charge on any atom is -0.458 e. The van der Waals surface area contributed by atoms with Gasteiger partial charge in [0.1, 0.15) is 17.4 Å². The van der Waals surface area contributed by atoms with Gasteiger partial charge in [-0.05, 0) is 37.8 Å². The number of fused-ring (bicyclic) bond motifs is 1. The Morgan fingerprint density at radius 1 is 1.29 bits per heavy atom. The summed E-state index contributed by atoms with van der Waals surface area (Å²) in [5, 5.41) is 11.2. The first-order chi connectivity index (χ1) is 10.3. The van der Waals surface area contributed by atoms with Gasteiger partial charge in [0.15, 0.2) is 0 Å². The average molecular weight is 290 g/mol. The van der Waals surface area contributed by atoms with E-state index in [0.717, 1.165) is 36.7 Å². The number of furan rings is 1. The quantitative estimate of drug-likeness (QED) is 0.916. The Balaban J connectivity index is 1.57. The smallest absolute Gasteiger partial charge is 0.136 e. The summed E-state index contributed by atoms with van der Waals surface area (Å²) in [5.41, 5.74) is 0.795. The Morgan fingerprint density at radius 2 is 2.10 bits per heavy atom. The number of aliphatic hydroxyl groups excluding tert-OH is 1. The standard InChI is InChI=1S/C17H22O4/c1-19-13-6-4-7-14(10-13)20-11-15(18)17-9-12-5-2-3-8-16(12)21-17/h2-3,5,8-9,13-15,18H,4,6-7,10-11H2,1H3. The Hall–Kier alpha value is -1.36. The van der Waals surface area contributed by atoms with Crippen LogP contribution in [-0.4, -0.2) is 31.0 Å². The van der Waals surface area contributed by atoms with Gasteiger partial charge in [-0.1, -0.05) is 18.2 Å². The Morgan fingerprint density at radius 3 is 2.90 bits per heavy atom. The van der Waals surface area contributed by atoms with Gasteiger partial charge in [0, 0.05) is 12.5 Å². The van der Waals surface area contributed by atoms with Crippen molar-refractivity contribution in [3.8, 4) is 0 Å². The molecule has 1 aromatic carbocycles. The lowest BCUT2D eigenvalue weighted by atomic mass is 9.95. The molecule has 0 aliphatic heterocycles. The fraction of sp³-hybridized carbons (Fsp3) is 0.529. The number of para-hydroxylation sites is 1. The molecule has 3 unspecified atom stereocenters. The molecule has 0 spiro atoms. The van der Waals surface area contributed by atoms with Crippen molar-refractivity contribution in [2.45, 2.75) is 44.0 Å². The Labute approximate surface area is 124 Å². The third-order valence-corrected chi connectivity index (χ3v) is 4.17. The third-order valence-electron chi connectivity index (χ3n) is 4.17. The maximum absolute atomic E-state index is 10.2. The summed E-state index contributed by atoms with van der Waals surface area (Å²) in [4.78, 5) is 0. The summed E-state index contributed by atoms with van der Waals surface area (Å²) >= 11 is 0. The highest BCUT2D eigenvalue weighted by Gasteiger charge is 2.23. The molecular formula is C17H22O4. The minimum absolute atomic E-state index is 0.169. The monoisotopic (exact) mass is 290 g/mol. The van der Waals surface area contributed by atoms with Crippen LogP contribution in [0.15, 0.2) is 34.7 Å². The molecule has 4 nitrogen and oxygen atoms in total. The molecule has 0 bridgehead atoms. The third kappa shape index (κ3) is 3.46. The van der Waals surface area contributed by atoms with Crippen LogP contribution in [0, 0.1) is 0 Å². The lowest BCUT2D eigenvalue weighted by molar-refractivity contribution is -0.0602. The summed E-state index contributed by atoms with van der Waals surface area (Å²) in [7, 11) is 1.75. The maximum Gasteiger partial charge on any atom is 0.136 e. The molecule has 1 N–H and O–H groups in total. The largest absolute Gasteiger partial charge is 0.458 e. The van der Waals surface area contributed by atoms with Crippen LogP contribution in [0.5, 0.6) is 0 Å². The van der Waals surface area contributed by atoms with Gasteiger partial charge in [-0.15, -0.1) is 0 Å². The molecule has 0 amide bonds. The second-order valence-electron chi connectivity index (χ2n) is 5.68. The lowest BCUT2D eigenvalue weighted by Gasteiger charge is -2.28. The molecule has 1 aromatic heterocycles. The average Bonchev–Trinajstić information content (AvgIpc) is 2.97. The lowest BCUT2D eigenvalue weighted by Crippen LogP contribution is -2.28. The normalized spacial score (nSPS) is 24.3. The zero-order valence-corrected chi connectivity index (χ0v) is 12.3. The van der Waals surface area contributed by atoms with E-state index in [1.807, 2.05) is 30.3 Å². The molecule has 1 aliphatic rings. The van der Waals surface area contributed by atoms with Crippen LogP contribution in [0.4, 0.5) is 0 Å². The van der Waals surface area contributed by atoms with Crippen molar-refractivity contribution in [1.82, 2.24) is 0 Å². The fourth-order valence-corrected chi connectivity index (χ4v) is 2.94. The van der Waals surface area contributed by atoms with Crippen LogP contribution in [0.3, 0.4) is 0 Å². The number of hydrogen-bond acceptors (Lipinski definition) is 4. The highest BCUT2D eigenvalue weighted by atomic mass is 16.5. The SMILES string of the molecule is COC1CCCC(OCC(O)c2cc3ccccc3o2)C1. The fourth-order valence-electron chi connectivity index (χ4n) is 2.94. The molecule has 21 heavy (non-hydrogen) atoms. The number of rotatable bonds is 5. The van der Waals surface area contributed by atoms with Crippen LogP contribution in [0.1, 0.15) is 37.5 Å². The Bertz CT molecular complexity index is 544. The zero-order chi connectivity index (χ0) is 14.7. The molecule has 0 radical (unpaired) electrons. The van der Waals surface area contributed by atoms with Crippen LogP contribution in [-0.2, 0) is 9.47 Å².